The van der Waals surface area contributed by atoms with Gasteiger partial charge < -0.3 is 4.57 Å². The number of rotatable bonds is 0. The normalized spacial score (nSPS) is 16.9. The number of aromatic nitrogens is 1. The number of hydrogen-bond acceptors (Lipinski definition) is 0. The van der Waals surface area contributed by atoms with E-state index < -0.39 is 0 Å². The molecule has 0 saturated heterocycles. The van der Waals surface area contributed by atoms with Gasteiger partial charge in [0.1, 0.15) is 0 Å². The predicted octanol–water partition coefficient (Wildman–Crippen LogP) is 3.20. The topological polar surface area (TPSA) is 4.93 Å². The fraction of sp³-hybridized carbons (Fsp3) is 0.692. The van der Waals surface area contributed by atoms with E-state index in [2.05, 4.69) is 38.6 Å². The summed E-state index contributed by atoms with van der Waals surface area (Å²) in [5.41, 5.74) is 5.10. The summed E-state index contributed by atoms with van der Waals surface area (Å²) in [6, 6.07) is 0. The minimum atomic E-state index is 0.308. The Morgan fingerprint density at radius 2 is 1.79 bits per heavy atom. The Morgan fingerprint density at radius 1 is 1.14 bits per heavy atom. The second-order valence-corrected chi connectivity index (χ2v) is 5.54. The third kappa shape index (κ3) is 1.49. The Labute approximate surface area is 87.1 Å². The minimum Gasteiger partial charge on any atom is -0.354 e. The highest BCUT2D eigenvalue weighted by Gasteiger charge is 2.24. The van der Waals surface area contributed by atoms with Crippen LogP contribution in [0.4, 0.5) is 0 Å². The predicted molar refractivity (Wildman–Crippen MR) is 60.8 cm³/mol. The zero-order chi connectivity index (χ0) is 10.3. The van der Waals surface area contributed by atoms with Crippen molar-refractivity contribution in [3.8, 4) is 0 Å². The second-order valence-electron chi connectivity index (χ2n) is 5.54. The smallest absolute Gasteiger partial charge is 0.0206 e. The molecular formula is C13H21N. The van der Waals surface area contributed by atoms with Gasteiger partial charge in [-0.2, -0.15) is 0 Å². The molecule has 1 aromatic heterocycles. The van der Waals surface area contributed by atoms with Gasteiger partial charge >= 0.3 is 0 Å². The van der Waals surface area contributed by atoms with Crippen molar-refractivity contribution in [3.63, 3.8) is 0 Å². The molecule has 0 N–H and O–H groups in total. The Hall–Kier alpha value is -0.720. The first-order valence-electron chi connectivity index (χ1n) is 5.67. The average molecular weight is 191 g/mol. The summed E-state index contributed by atoms with van der Waals surface area (Å²) >= 11 is 0. The molecule has 1 heterocycles. The van der Waals surface area contributed by atoms with Crippen LogP contribution in [0.5, 0.6) is 0 Å². The van der Waals surface area contributed by atoms with Gasteiger partial charge in [0.15, 0.2) is 0 Å². The molecule has 14 heavy (non-hydrogen) atoms. The lowest BCUT2D eigenvalue weighted by Gasteiger charge is -2.21. The highest BCUT2D eigenvalue weighted by atomic mass is 14.9. The number of hydrogen-bond donors (Lipinski definition) is 0. The Kier molecular flexibility index (Phi) is 2.21. The van der Waals surface area contributed by atoms with E-state index in [4.69, 9.17) is 0 Å². The van der Waals surface area contributed by atoms with Crippen molar-refractivity contribution >= 4 is 0 Å². The van der Waals surface area contributed by atoms with Crippen molar-refractivity contribution in [2.45, 2.75) is 51.9 Å². The molecule has 0 amide bonds. The third-order valence-corrected chi connectivity index (χ3v) is 3.32. The molecule has 78 valence electrons. The maximum atomic E-state index is 2.34. The molecule has 0 radical (unpaired) electrons. The summed E-state index contributed by atoms with van der Waals surface area (Å²) in [5, 5.41) is 0. The first-order chi connectivity index (χ1) is 6.50. The summed E-state index contributed by atoms with van der Waals surface area (Å²) < 4.78 is 2.34. The summed E-state index contributed by atoms with van der Waals surface area (Å²) in [6.07, 6.45) is 7.66. The van der Waals surface area contributed by atoms with Crippen LogP contribution in [0.3, 0.4) is 0 Å². The quantitative estimate of drug-likeness (QED) is 0.593. The maximum Gasteiger partial charge on any atom is 0.0206 e. The fourth-order valence-electron chi connectivity index (χ4n) is 2.56. The van der Waals surface area contributed by atoms with Crippen LogP contribution in [0.2, 0.25) is 0 Å². The van der Waals surface area contributed by atoms with E-state index in [1.807, 2.05) is 0 Å². The molecule has 0 aliphatic heterocycles. The molecule has 1 aliphatic carbocycles. The Bertz CT molecular complexity index is 339. The lowest BCUT2D eigenvalue weighted by Crippen LogP contribution is -2.14. The van der Waals surface area contributed by atoms with Crippen molar-refractivity contribution in [1.82, 2.24) is 4.57 Å². The van der Waals surface area contributed by atoms with Gasteiger partial charge in [-0.15, -0.1) is 0 Å². The van der Waals surface area contributed by atoms with Crippen LogP contribution >= 0.6 is 0 Å². The van der Waals surface area contributed by atoms with Crippen LogP contribution in [0.25, 0.3) is 0 Å². The monoisotopic (exact) mass is 191 g/mol. The van der Waals surface area contributed by atoms with Crippen LogP contribution < -0.4 is 0 Å². The van der Waals surface area contributed by atoms with Gasteiger partial charge in [0.25, 0.3) is 0 Å². The summed E-state index contributed by atoms with van der Waals surface area (Å²) in [7, 11) is 2.19. The second kappa shape index (κ2) is 3.15. The molecular weight excluding hydrogens is 170 g/mol. The van der Waals surface area contributed by atoms with Crippen molar-refractivity contribution in [2.75, 3.05) is 0 Å². The summed E-state index contributed by atoms with van der Waals surface area (Å²) in [6.45, 7) is 6.95. The molecule has 1 aliphatic rings. The molecule has 1 nitrogen and oxygen atoms in total. The van der Waals surface area contributed by atoms with Crippen LogP contribution in [-0.4, -0.2) is 4.57 Å². The molecule has 1 aromatic rings. The number of aryl methyl sites for hydroxylation is 1. The highest BCUT2D eigenvalue weighted by Crippen LogP contribution is 2.33. The lowest BCUT2D eigenvalue weighted by atomic mass is 9.82. The molecule has 0 aromatic carbocycles. The zero-order valence-corrected chi connectivity index (χ0v) is 9.85. The van der Waals surface area contributed by atoms with Gasteiger partial charge in [0.2, 0.25) is 0 Å². The van der Waals surface area contributed by atoms with Gasteiger partial charge in [0.05, 0.1) is 0 Å². The fourth-order valence-corrected chi connectivity index (χ4v) is 2.56. The number of fused-ring (bicyclic) bond motifs is 1. The minimum absolute atomic E-state index is 0.308. The molecule has 1 heteroatoms. The van der Waals surface area contributed by atoms with Crippen LogP contribution in [0, 0.1) is 0 Å². The Morgan fingerprint density at radius 3 is 2.43 bits per heavy atom. The van der Waals surface area contributed by atoms with E-state index in [1.165, 1.54) is 25.7 Å². The van der Waals surface area contributed by atoms with Crippen LogP contribution in [0.1, 0.15) is 50.4 Å². The number of nitrogens with zero attached hydrogens (tertiary/aromatic N) is 1. The average Bonchev–Trinajstić information content (AvgIpc) is 2.44. The van der Waals surface area contributed by atoms with E-state index in [0.717, 1.165) is 0 Å². The molecule has 0 unspecified atom stereocenters. The zero-order valence-electron chi connectivity index (χ0n) is 9.85. The molecule has 2 rings (SSSR count). The molecule has 0 spiro atoms. The largest absolute Gasteiger partial charge is 0.354 e. The van der Waals surface area contributed by atoms with Crippen LogP contribution in [-0.2, 0) is 25.3 Å². The summed E-state index contributed by atoms with van der Waals surface area (Å²) in [5.74, 6) is 0. The lowest BCUT2D eigenvalue weighted by molar-refractivity contribution is 0.574. The van der Waals surface area contributed by atoms with Gasteiger partial charge in [-0.25, -0.2) is 0 Å². The first-order valence-corrected chi connectivity index (χ1v) is 5.67. The van der Waals surface area contributed by atoms with E-state index in [9.17, 15) is 0 Å². The van der Waals surface area contributed by atoms with Crippen molar-refractivity contribution in [3.05, 3.63) is 23.0 Å². The van der Waals surface area contributed by atoms with E-state index >= 15 is 0 Å². The SMILES string of the molecule is Cn1cc(C(C)(C)C)c2c1CCCC2. The standard InChI is InChI=1S/C13H21N/c1-13(2,3)11-9-14(4)12-8-6-5-7-10(11)12/h9H,5-8H2,1-4H3. The Balaban J connectivity index is 2.52. The maximum absolute atomic E-state index is 2.34. The van der Waals surface area contributed by atoms with E-state index in [0.29, 0.717) is 5.41 Å². The molecule has 0 saturated carbocycles. The van der Waals surface area contributed by atoms with Gasteiger partial charge in [-0.05, 0) is 42.2 Å². The molecule has 0 fully saturated rings. The van der Waals surface area contributed by atoms with Crippen LogP contribution in [0.15, 0.2) is 6.20 Å². The highest BCUT2D eigenvalue weighted by molar-refractivity contribution is 5.38. The molecule has 0 atom stereocenters. The summed E-state index contributed by atoms with van der Waals surface area (Å²) in [4.78, 5) is 0. The third-order valence-electron chi connectivity index (χ3n) is 3.32. The first kappa shape index (κ1) is 9.82. The van der Waals surface area contributed by atoms with Gasteiger partial charge in [-0.1, -0.05) is 20.8 Å². The van der Waals surface area contributed by atoms with Gasteiger partial charge in [0, 0.05) is 18.9 Å². The molecule has 0 bridgehead atoms. The van der Waals surface area contributed by atoms with Gasteiger partial charge in [-0.3, -0.25) is 0 Å². The van der Waals surface area contributed by atoms with Crippen molar-refractivity contribution in [2.24, 2.45) is 7.05 Å². The van der Waals surface area contributed by atoms with Crippen molar-refractivity contribution in [1.29, 1.82) is 0 Å². The van der Waals surface area contributed by atoms with Crippen molar-refractivity contribution < 1.29 is 0 Å². The van der Waals surface area contributed by atoms with E-state index in [1.54, 1.807) is 16.8 Å². The van der Waals surface area contributed by atoms with E-state index in [-0.39, 0.29) is 0 Å².